The van der Waals surface area contributed by atoms with Crippen LogP contribution < -0.4 is 10.5 Å². The fourth-order valence-corrected chi connectivity index (χ4v) is 1.96. The molecule has 0 amide bonds. The molecule has 2 N–H and O–H groups in total. The first-order valence-electron chi connectivity index (χ1n) is 4.41. The van der Waals surface area contributed by atoms with Gasteiger partial charge in [0.25, 0.3) is 0 Å². The lowest BCUT2D eigenvalue weighted by Crippen LogP contribution is -2.01. The van der Waals surface area contributed by atoms with Gasteiger partial charge in [0.2, 0.25) is 0 Å². The van der Waals surface area contributed by atoms with E-state index >= 15 is 0 Å². The molecule has 0 heterocycles. The quantitative estimate of drug-likeness (QED) is 0.662. The lowest BCUT2D eigenvalue weighted by Gasteiger charge is -2.09. The number of ether oxygens (including phenoxy) is 1. The lowest BCUT2D eigenvalue weighted by molar-refractivity contribution is 0.318. The van der Waals surface area contributed by atoms with E-state index < -0.39 is 0 Å². The van der Waals surface area contributed by atoms with Crippen LogP contribution in [-0.2, 0) is 0 Å². The van der Waals surface area contributed by atoms with Crippen LogP contribution in [-0.4, -0.2) is 18.6 Å². The Kier molecular flexibility index (Phi) is 5.19. The first-order chi connectivity index (χ1) is 6.75. The molecular weight excluding hydrogens is 262 g/mol. The standard InChI is InChI=1S/C10H14BrNOS/c1-14-7-3-6-13-10-8(11)4-2-5-9(10)12/h2,4-5H,3,6-7,12H2,1H3. The Morgan fingerprint density at radius 1 is 1.50 bits per heavy atom. The molecule has 4 heteroatoms. The van der Waals surface area contributed by atoms with Crippen LogP contribution in [0.4, 0.5) is 5.69 Å². The van der Waals surface area contributed by atoms with E-state index in [0.717, 1.165) is 22.4 Å². The van der Waals surface area contributed by atoms with Crippen LogP contribution >= 0.6 is 27.7 Å². The zero-order chi connectivity index (χ0) is 10.4. The summed E-state index contributed by atoms with van der Waals surface area (Å²) in [6, 6.07) is 5.67. The first-order valence-corrected chi connectivity index (χ1v) is 6.60. The number of hydrogen-bond donors (Lipinski definition) is 1. The highest BCUT2D eigenvalue weighted by Gasteiger charge is 2.04. The molecule has 0 atom stereocenters. The minimum atomic E-state index is 0.684. The molecule has 1 aromatic carbocycles. The maximum Gasteiger partial charge on any atom is 0.156 e. The third-order valence-electron chi connectivity index (χ3n) is 1.74. The Morgan fingerprint density at radius 2 is 2.29 bits per heavy atom. The van der Waals surface area contributed by atoms with Gasteiger partial charge in [-0.25, -0.2) is 0 Å². The molecule has 2 nitrogen and oxygen atoms in total. The molecule has 78 valence electrons. The molecule has 0 bridgehead atoms. The van der Waals surface area contributed by atoms with Gasteiger partial charge < -0.3 is 10.5 Å². The number of nitrogens with two attached hydrogens (primary N) is 1. The summed E-state index contributed by atoms with van der Waals surface area (Å²) >= 11 is 5.23. The summed E-state index contributed by atoms with van der Waals surface area (Å²) in [4.78, 5) is 0. The number of rotatable bonds is 5. The largest absolute Gasteiger partial charge is 0.490 e. The molecule has 0 radical (unpaired) electrons. The normalized spacial score (nSPS) is 10.1. The Labute approximate surface area is 97.3 Å². The maximum atomic E-state index is 5.78. The number of hydrogen-bond acceptors (Lipinski definition) is 3. The van der Waals surface area contributed by atoms with Gasteiger partial charge in [-0.1, -0.05) is 6.07 Å². The zero-order valence-corrected chi connectivity index (χ0v) is 10.5. The van der Waals surface area contributed by atoms with Gasteiger partial charge in [0, 0.05) is 0 Å². The van der Waals surface area contributed by atoms with E-state index in [2.05, 4.69) is 22.2 Å². The third-order valence-corrected chi connectivity index (χ3v) is 3.06. The zero-order valence-electron chi connectivity index (χ0n) is 8.13. The molecule has 0 aliphatic rings. The number of anilines is 1. The second-order valence-electron chi connectivity index (χ2n) is 2.85. The van der Waals surface area contributed by atoms with E-state index in [1.165, 1.54) is 0 Å². The van der Waals surface area contributed by atoms with Crippen molar-refractivity contribution >= 4 is 33.4 Å². The molecule has 1 rings (SSSR count). The second kappa shape index (κ2) is 6.19. The molecule has 0 aromatic heterocycles. The van der Waals surface area contributed by atoms with E-state index in [-0.39, 0.29) is 0 Å². The number of benzene rings is 1. The van der Waals surface area contributed by atoms with Crippen LogP contribution in [0, 0.1) is 0 Å². The minimum Gasteiger partial charge on any atom is -0.490 e. The van der Waals surface area contributed by atoms with Crippen molar-refractivity contribution in [1.29, 1.82) is 0 Å². The van der Waals surface area contributed by atoms with E-state index in [9.17, 15) is 0 Å². The van der Waals surface area contributed by atoms with Crippen molar-refractivity contribution in [1.82, 2.24) is 0 Å². The second-order valence-corrected chi connectivity index (χ2v) is 4.69. The van der Waals surface area contributed by atoms with Crippen LogP contribution in [0.2, 0.25) is 0 Å². The summed E-state index contributed by atoms with van der Waals surface area (Å²) in [6.45, 7) is 0.716. The molecule has 14 heavy (non-hydrogen) atoms. The molecule has 0 unspecified atom stereocenters. The molecule has 0 spiro atoms. The highest BCUT2D eigenvalue weighted by molar-refractivity contribution is 9.10. The SMILES string of the molecule is CSCCCOc1c(N)cccc1Br. The van der Waals surface area contributed by atoms with Gasteiger partial charge in [-0.3, -0.25) is 0 Å². The monoisotopic (exact) mass is 275 g/mol. The molecule has 0 saturated heterocycles. The molecule has 0 saturated carbocycles. The van der Waals surface area contributed by atoms with E-state index in [4.69, 9.17) is 10.5 Å². The average Bonchev–Trinajstić information content (AvgIpc) is 2.16. The number of nitrogen functional groups attached to an aromatic ring is 1. The molecule has 0 fully saturated rings. The Morgan fingerprint density at radius 3 is 2.93 bits per heavy atom. The van der Waals surface area contributed by atoms with Gasteiger partial charge in [-0.05, 0) is 46.5 Å². The van der Waals surface area contributed by atoms with Crippen LogP contribution in [0.25, 0.3) is 0 Å². The van der Waals surface area contributed by atoms with Crippen molar-refractivity contribution in [3.63, 3.8) is 0 Å². The molecule has 0 aliphatic carbocycles. The van der Waals surface area contributed by atoms with Crippen LogP contribution in [0.5, 0.6) is 5.75 Å². The highest BCUT2D eigenvalue weighted by Crippen LogP contribution is 2.30. The summed E-state index contributed by atoms with van der Waals surface area (Å²) < 4.78 is 6.50. The Balaban J connectivity index is 2.49. The predicted molar refractivity (Wildman–Crippen MR) is 67.0 cm³/mol. The summed E-state index contributed by atoms with van der Waals surface area (Å²) in [7, 11) is 0. The highest BCUT2D eigenvalue weighted by atomic mass is 79.9. The predicted octanol–water partition coefficient (Wildman–Crippen LogP) is 3.16. The smallest absolute Gasteiger partial charge is 0.156 e. The van der Waals surface area contributed by atoms with Crippen molar-refractivity contribution in [2.75, 3.05) is 24.3 Å². The van der Waals surface area contributed by atoms with Gasteiger partial charge in [0.1, 0.15) is 0 Å². The average molecular weight is 276 g/mol. The number of halogens is 1. The van der Waals surface area contributed by atoms with Gasteiger partial charge >= 0.3 is 0 Å². The summed E-state index contributed by atoms with van der Waals surface area (Å²) in [5, 5.41) is 0. The molecule has 0 aliphatic heterocycles. The maximum absolute atomic E-state index is 5.78. The Hall–Kier alpha value is -0.350. The topological polar surface area (TPSA) is 35.2 Å². The molecule has 1 aromatic rings. The third kappa shape index (κ3) is 3.42. The van der Waals surface area contributed by atoms with Gasteiger partial charge in [0.05, 0.1) is 16.8 Å². The van der Waals surface area contributed by atoms with E-state index in [1.54, 1.807) is 0 Å². The van der Waals surface area contributed by atoms with Gasteiger partial charge in [0.15, 0.2) is 5.75 Å². The van der Waals surface area contributed by atoms with Gasteiger partial charge in [-0.2, -0.15) is 11.8 Å². The van der Waals surface area contributed by atoms with Crippen LogP contribution in [0.1, 0.15) is 6.42 Å². The van der Waals surface area contributed by atoms with Crippen molar-refractivity contribution in [3.8, 4) is 5.75 Å². The lowest BCUT2D eigenvalue weighted by atomic mass is 10.3. The van der Waals surface area contributed by atoms with Crippen LogP contribution in [0.15, 0.2) is 22.7 Å². The van der Waals surface area contributed by atoms with Crippen molar-refractivity contribution < 1.29 is 4.74 Å². The van der Waals surface area contributed by atoms with E-state index in [0.29, 0.717) is 12.3 Å². The van der Waals surface area contributed by atoms with Gasteiger partial charge in [-0.15, -0.1) is 0 Å². The first kappa shape index (κ1) is 11.7. The van der Waals surface area contributed by atoms with E-state index in [1.807, 2.05) is 30.0 Å². The fraction of sp³-hybridized carbons (Fsp3) is 0.400. The summed E-state index contributed by atoms with van der Waals surface area (Å²) in [6.07, 6.45) is 3.13. The van der Waals surface area contributed by atoms with Crippen molar-refractivity contribution in [2.24, 2.45) is 0 Å². The van der Waals surface area contributed by atoms with Crippen molar-refractivity contribution in [2.45, 2.75) is 6.42 Å². The summed E-state index contributed by atoms with van der Waals surface area (Å²) in [5.41, 5.74) is 6.46. The fourth-order valence-electron chi connectivity index (χ4n) is 1.06. The number of para-hydroxylation sites is 1. The Bertz CT molecular complexity index is 273. The minimum absolute atomic E-state index is 0.684. The number of thioether (sulfide) groups is 1. The van der Waals surface area contributed by atoms with Crippen molar-refractivity contribution in [3.05, 3.63) is 22.7 Å². The van der Waals surface area contributed by atoms with Crippen LogP contribution in [0.3, 0.4) is 0 Å². The summed E-state index contributed by atoms with van der Waals surface area (Å²) in [5.74, 6) is 1.87. The molecular formula is C10H14BrNOS.